The third-order valence-electron chi connectivity index (χ3n) is 4.60. The molecule has 2 aromatic carbocycles. The number of para-hydroxylation sites is 1. The van der Waals surface area contributed by atoms with Crippen LogP contribution in [0.25, 0.3) is 0 Å². The van der Waals surface area contributed by atoms with Gasteiger partial charge in [0.1, 0.15) is 12.4 Å². The van der Waals surface area contributed by atoms with Crippen LogP contribution in [0.1, 0.15) is 30.0 Å². The van der Waals surface area contributed by atoms with E-state index in [-0.39, 0.29) is 11.9 Å². The summed E-state index contributed by atoms with van der Waals surface area (Å²) in [6.45, 7) is 1.67. The van der Waals surface area contributed by atoms with E-state index in [1.54, 1.807) is 0 Å². The van der Waals surface area contributed by atoms with Gasteiger partial charge in [0.05, 0.1) is 12.6 Å². The molecule has 1 atom stereocenters. The summed E-state index contributed by atoms with van der Waals surface area (Å²) in [5.41, 5.74) is 2.64. The Morgan fingerprint density at radius 3 is 2.76 bits per heavy atom. The molecule has 1 aliphatic carbocycles. The monoisotopic (exact) mass is 338 g/mol. The van der Waals surface area contributed by atoms with Crippen LogP contribution < -0.4 is 10.1 Å². The highest BCUT2D eigenvalue weighted by Gasteiger charge is 2.21. The van der Waals surface area contributed by atoms with Crippen molar-refractivity contribution in [2.45, 2.75) is 25.3 Å². The third-order valence-corrected chi connectivity index (χ3v) is 4.60. The average Bonchev–Trinajstić information content (AvgIpc) is 2.63. The summed E-state index contributed by atoms with van der Waals surface area (Å²) < 4.78 is 5.68. The van der Waals surface area contributed by atoms with Crippen molar-refractivity contribution in [3.63, 3.8) is 0 Å². The van der Waals surface area contributed by atoms with E-state index < -0.39 is 0 Å². The molecule has 0 radical (unpaired) electrons. The number of carbonyl (C=O) groups excluding carboxylic acids is 1. The molecule has 0 bridgehead atoms. The number of nitrogens with zero attached hydrogens (tertiary/aromatic N) is 1. The molecule has 0 spiro atoms. The first kappa shape index (κ1) is 17.5. The first-order chi connectivity index (χ1) is 12.2. The van der Waals surface area contributed by atoms with Gasteiger partial charge >= 0.3 is 0 Å². The second kappa shape index (κ2) is 8.67. The summed E-state index contributed by atoms with van der Waals surface area (Å²) in [5.74, 6) is 0.933. The molecule has 0 aromatic heterocycles. The van der Waals surface area contributed by atoms with Crippen molar-refractivity contribution in [3.05, 3.63) is 65.7 Å². The standard InChI is InChI=1S/C21H26N2O2/c1-23(14-15-25-18-10-3-2-4-11-18)16-21(24)22-20-13-7-9-17-8-5-6-12-19(17)20/h2-6,8,10-12,20H,7,9,13-16H2,1H3,(H,22,24). The second-order valence-corrected chi connectivity index (χ2v) is 6.61. The van der Waals surface area contributed by atoms with Gasteiger partial charge in [-0.1, -0.05) is 42.5 Å². The topological polar surface area (TPSA) is 41.6 Å². The number of rotatable bonds is 7. The molecule has 2 aromatic rings. The first-order valence-electron chi connectivity index (χ1n) is 8.96. The molecule has 0 fully saturated rings. The number of aryl methyl sites for hydroxylation is 1. The van der Waals surface area contributed by atoms with Gasteiger partial charge in [-0.3, -0.25) is 9.69 Å². The van der Waals surface area contributed by atoms with Crippen molar-refractivity contribution in [1.29, 1.82) is 0 Å². The number of amides is 1. The second-order valence-electron chi connectivity index (χ2n) is 6.61. The molecule has 4 heteroatoms. The summed E-state index contributed by atoms with van der Waals surface area (Å²) in [6, 6.07) is 18.3. The lowest BCUT2D eigenvalue weighted by Crippen LogP contribution is -2.39. The molecule has 1 aliphatic rings. The van der Waals surface area contributed by atoms with Gasteiger partial charge in [-0.2, -0.15) is 0 Å². The molecular weight excluding hydrogens is 312 g/mol. The Hall–Kier alpha value is -2.33. The van der Waals surface area contributed by atoms with Gasteiger partial charge in [0.25, 0.3) is 0 Å². The van der Waals surface area contributed by atoms with Gasteiger partial charge in [-0.15, -0.1) is 0 Å². The lowest BCUT2D eigenvalue weighted by Gasteiger charge is -2.27. The van der Waals surface area contributed by atoms with Crippen LogP contribution in [0.15, 0.2) is 54.6 Å². The van der Waals surface area contributed by atoms with Crippen LogP contribution in [0.5, 0.6) is 5.75 Å². The molecule has 1 N–H and O–H groups in total. The largest absolute Gasteiger partial charge is 0.492 e. The van der Waals surface area contributed by atoms with E-state index in [2.05, 4.69) is 29.6 Å². The minimum atomic E-state index is 0.0731. The number of ether oxygens (including phenoxy) is 1. The molecule has 0 heterocycles. The smallest absolute Gasteiger partial charge is 0.234 e. The van der Waals surface area contributed by atoms with Crippen molar-refractivity contribution in [1.82, 2.24) is 10.2 Å². The molecular formula is C21H26N2O2. The predicted molar refractivity (Wildman–Crippen MR) is 99.7 cm³/mol. The lowest BCUT2D eigenvalue weighted by atomic mass is 9.88. The average molecular weight is 338 g/mol. The number of fused-ring (bicyclic) bond motifs is 1. The highest BCUT2D eigenvalue weighted by molar-refractivity contribution is 5.78. The molecule has 4 nitrogen and oxygen atoms in total. The van der Waals surface area contributed by atoms with Gasteiger partial charge in [0.2, 0.25) is 5.91 Å². The van der Waals surface area contributed by atoms with Crippen LogP contribution in [0, 0.1) is 0 Å². The van der Waals surface area contributed by atoms with E-state index in [1.807, 2.05) is 42.3 Å². The minimum Gasteiger partial charge on any atom is -0.492 e. The van der Waals surface area contributed by atoms with E-state index >= 15 is 0 Å². The fourth-order valence-electron chi connectivity index (χ4n) is 3.30. The van der Waals surface area contributed by atoms with Crippen molar-refractivity contribution in [2.24, 2.45) is 0 Å². The normalized spacial score (nSPS) is 16.3. The maximum absolute atomic E-state index is 12.4. The fourth-order valence-corrected chi connectivity index (χ4v) is 3.30. The summed E-state index contributed by atoms with van der Waals surface area (Å²) >= 11 is 0. The predicted octanol–water partition coefficient (Wildman–Crippen LogP) is 3.19. The van der Waals surface area contributed by atoms with Crippen LogP contribution in [-0.2, 0) is 11.2 Å². The van der Waals surface area contributed by atoms with Crippen molar-refractivity contribution in [2.75, 3.05) is 26.7 Å². The summed E-state index contributed by atoms with van der Waals surface area (Å²) in [4.78, 5) is 14.4. The van der Waals surface area contributed by atoms with E-state index in [0.717, 1.165) is 25.0 Å². The zero-order valence-corrected chi connectivity index (χ0v) is 14.8. The highest BCUT2D eigenvalue weighted by Crippen LogP contribution is 2.29. The van der Waals surface area contributed by atoms with Crippen LogP contribution >= 0.6 is 0 Å². The van der Waals surface area contributed by atoms with Crippen LogP contribution in [-0.4, -0.2) is 37.6 Å². The van der Waals surface area contributed by atoms with E-state index in [4.69, 9.17) is 4.74 Å². The molecule has 0 saturated carbocycles. The Balaban J connectivity index is 1.43. The maximum atomic E-state index is 12.4. The third kappa shape index (κ3) is 5.07. The van der Waals surface area contributed by atoms with Gasteiger partial charge < -0.3 is 10.1 Å². The Labute approximate surface area is 149 Å². The number of carbonyl (C=O) groups is 1. The summed E-state index contributed by atoms with van der Waals surface area (Å²) in [6.07, 6.45) is 3.26. The van der Waals surface area contributed by atoms with Crippen LogP contribution in [0.4, 0.5) is 0 Å². The Bertz CT molecular complexity index is 687. The first-order valence-corrected chi connectivity index (χ1v) is 8.96. The Morgan fingerprint density at radius 1 is 1.16 bits per heavy atom. The SMILES string of the molecule is CN(CCOc1ccccc1)CC(=O)NC1CCCc2ccccc21. The maximum Gasteiger partial charge on any atom is 0.234 e. The molecule has 3 rings (SSSR count). The van der Waals surface area contributed by atoms with Crippen molar-refractivity contribution < 1.29 is 9.53 Å². The molecule has 132 valence electrons. The number of hydrogen-bond acceptors (Lipinski definition) is 3. The number of benzene rings is 2. The van der Waals surface area contributed by atoms with Crippen LogP contribution in [0.2, 0.25) is 0 Å². The number of hydrogen-bond donors (Lipinski definition) is 1. The van der Waals surface area contributed by atoms with Crippen molar-refractivity contribution in [3.8, 4) is 5.75 Å². The van der Waals surface area contributed by atoms with Gasteiger partial charge in [-0.05, 0) is 49.6 Å². The number of likely N-dealkylation sites (N-methyl/N-ethyl adjacent to an activating group) is 1. The lowest BCUT2D eigenvalue weighted by molar-refractivity contribution is -0.122. The molecule has 25 heavy (non-hydrogen) atoms. The molecule has 0 saturated heterocycles. The molecule has 1 amide bonds. The van der Waals surface area contributed by atoms with E-state index in [9.17, 15) is 4.79 Å². The van der Waals surface area contributed by atoms with Crippen molar-refractivity contribution >= 4 is 5.91 Å². The fraction of sp³-hybridized carbons (Fsp3) is 0.381. The van der Waals surface area contributed by atoms with Gasteiger partial charge in [0.15, 0.2) is 0 Å². The van der Waals surface area contributed by atoms with E-state index in [1.165, 1.54) is 11.1 Å². The molecule has 0 aliphatic heterocycles. The Morgan fingerprint density at radius 2 is 1.92 bits per heavy atom. The zero-order chi connectivity index (χ0) is 17.5. The highest BCUT2D eigenvalue weighted by atomic mass is 16.5. The minimum absolute atomic E-state index is 0.0731. The molecule has 1 unspecified atom stereocenters. The van der Waals surface area contributed by atoms with Gasteiger partial charge in [-0.25, -0.2) is 0 Å². The summed E-state index contributed by atoms with van der Waals surface area (Å²) in [7, 11) is 1.95. The number of nitrogens with one attached hydrogen (secondary N) is 1. The summed E-state index contributed by atoms with van der Waals surface area (Å²) in [5, 5.41) is 3.19. The quantitative estimate of drug-likeness (QED) is 0.843. The van der Waals surface area contributed by atoms with Crippen LogP contribution in [0.3, 0.4) is 0 Å². The Kier molecular flexibility index (Phi) is 6.07. The van der Waals surface area contributed by atoms with E-state index in [0.29, 0.717) is 19.7 Å². The van der Waals surface area contributed by atoms with Gasteiger partial charge in [0, 0.05) is 6.54 Å². The zero-order valence-electron chi connectivity index (χ0n) is 14.8.